The molecular weight excluding hydrogens is 509 g/mol. The molecule has 190 valence electrons. The molecule has 1 aromatic heterocycles. The van der Waals surface area contributed by atoms with E-state index in [4.69, 9.17) is 24.6 Å². The summed E-state index contributed by atoms with van der Waals surface area (Å²) in [7, 11) is 0. The van der Waals surface area contributed by atoms with Gasteiger partial charge in [-0.05, 0) is 60.5 Å². The van der Waals surface area contributed by atoms with Gasteiger partial charge in [-0.3, -0.25) is 9.79 Å². The summed E-state index contributed by atoms with van der Waals surface area (Å²) in [4.78, 5) is 17.9. The highest BCUT2D eigenvalue weighted by Crippen LogP contribution is 2.31. The standard InChI is InChI=1S/C27H24FN3OS2.CH2O2/c1-2-18-7-10-20(28)15-24(18)29-14-13-21-17-33-26(30-21)16-32-22-11-8-19(9-12-22)27-31-23-5-3-4-6-25(23)34-27;2-1-3/h2-12,15,21,29H,1,13-14,16-17H2;1H,(H,2,3). The first-order valence-corrected chi connectivity index (χ1v) is 13.4. The van der Waals surface area contributed by atoms with Crippen LogP contribution in [0, 0.1) is 5.82 Å². The molecule has 6 nitrogen and oxygen atoms in total. The number of para-hydroxylation sites is 1. The Morgan fingerprint density at radius 2 is 1.95 bits per heavy atom. The number of carbonyl (C=O) groups is 1. The van der Waals surface area contributed by atoms with Crippen LogP contribution in [0.5, 0.6) is 5.75 Å². The number of hydrogen-bond acceptors (Lipinski definition) is 7. The van der Waals surface area contributed by atoms with Crippen LogP contribution in [-0.4, -0.2) is 46.6 Å². The van der Waals surface area contributed by atoms with E-state index in [1.807, 2.05) is 30.3 Å². The molecule has 2 heterocycles. The highest BCUT2D eigenvalue weighted by Gasteiger charge is 2.18. The molecule has 2 N–H and O–H groups in total. The Bertz CT molecular complexity index is 1360. The van der Waals surface area contributed by atoms with Crippen molar-refractivity contribution in [2.24, 2.45) is 4.99 Å². The Hall–Kier alpha value is -3.69. The predicted molar refractivity (Wildman–Crippen MR) is 153 cm³/mol. The summed E-state index contributed by atoms with van der Waals surface area (Å²) in [6.45, 7) is 4.73. The van der Waals surface area contributed by atoms with Crippen LogP contribution in [0.1, 0.15) is 12.0 Å². The minimum Gasteiger partial charge on any atom is -0.487 e. The molecule has 0 fully saturated rings. The van der Waals surface area contributed by atoms with E-state index < -0.39 is 0 Å². The van der Waals surface area contributed by atoms with Gasteiger partial charge in [-0.2, -0.15) is 0 Å². The van der Waals surface area contributed by atoms with E-state index in [2.05, 4.69) is 30.1 Å². The first-order chi connectivity index (χ1) is 18.1. The molecule has 1 unspecified atom stereocenters. The first-order valence-electron chi connectivity index (χ1n) is 11.6. The van der Waals surface area contributed by atoms with E-state index in [0.29, 0.717) is 6.61 Å². The van der Waals surface area contributed by atoms with Crippen LogP contribution in [0.15, 0.2) is 78.3 Å². The lowest BCUT2D eigenvalue weighted by atomic mass is 10.1. The number of anilines is 1. The quantitative estimate of drug-likeness (QED) is 0.228. The molecule has 37 heavy (non-hydrogen) atoms. The number of nitrogens with zero attached hydrogens (tertiary/aromatic N) is 2. The van der Waals surface area contributed by atoms with Gasteiger partial charge >= 0.3 is 0 Å². The molecule has 0 amide bonds. The Labute approximate surface area is 222 Å². The van der Waals surface area contributed by atoms with Gasteiger partial charge in [0.15, 0.2) is 0 Å². The summed E-state index contributed by atoms with van der Waals surface area (Å²) in [5.41, 5.74) is 3.78. The number of rotatable bonds is 9. The smallest absolute Gasteiger partial charge is 0.290 e. The van der Waals surface area contributed by atoms with E-state index >= 15 is 0 Å². The van der Waals surface area contributed by atoms with Gasteiger partial charge < -0.3 is 15.2 Å². The number of fused-ring (bicyclic) bond motifs is 1. The summed E-state index contributed by atoms with van der Waals surface area (Å²) in [6, 6.07) is 21.2. The van der Waals surface area contributed by atoms with Crippen molar-refractivity contribution in [2.75, 3.05) is 24.2 Å². The predicted octanol–water partition coefficient (Wildman–Crippen LogP) is 6.84. The molecule has 0 bridgehead atoms. The number of thioether (sulfide) groups is 1. The molecule has 0 radical (unpaired) electrons. The average Bonchev–Trinajstić information content (AvgIpc) is 3.55. The van der Waals surface area contributed by atoms with E-state index in [9.17, 15) is 4.39 Å². The Kier molecular flexibility index (Phi) is 9.29. The topological polar surface area (TPSA) is 83.8 Å². The van der Waals surface area contributed by atoms with Crippen molar-refractivity contribution in [3.8, 4) is 16.3 Å². The zero-order chi connectivity index (χ0) is 26.0. The van der Waals surface area contributed by atoms with Gasteiger partial charge in [0.05, 0.1) is 16.3 Å². The lowest BCUT2D eigenvalue weighted by molar-refractivity contribution is -0.122. The molecule has 9 heteroatoms. The molecule has 1 aliphatic rings. The number of thiazole rings is 1. The molecule has 5 rings (SSSR count). The zero-order valence-corrected chi connectivity index (χ0v) is 21.6. The number of carboxylic acid groups (broad SMARTS) is 1. The Morgan fingerprint density at radius 1 is 1.16 bits per heavy atom. The van der Waals surface area contributed by atoms with Crippen LogP contribution < -0.4 is 10.1 Å². The van der Waals surface area contributed by atoms with Gasteiger partial charge in [-0.15, -0.1) is 23.1 Å². The summed E-state index contributed by atoms with van der Waals surface area (Å²) in [5.74, 6) is 1.51. The normalized spacial score (nSPS) is 14.4. The molecule has 1 aliphatic heterocycles. The number of halogens is 1. The molecular formula is C28H26FN3O3S2. The number of aromatic nitrogens is 1. The van der Waals surface area contributed by atoms with Crippen molar-refractivity contribution < 1.29 is 19.0 Å². The van der Waals surface area contributed by atoms with Crippen molar-refractivity contribution >= 4 is 56.6 Å². The van der Waals surface area contributed by atoms with Gasteiger partial charge in [0, 0.05) is 23.5 Å². The van der Waals surface area contributed by atoms with Crippen LogP contribution in [-0.2, 0) is 4.79 Å². The lowest BCUT2D eigenvalue weighted by Crippen LogP contribution is -2.12. The van der Waals surface area contributed by atoms with Crippen LogP contribution in [0.2, 0.25) is 0 Å². The Morgan fingerprint density at radius 3 is 2.70 bits per heavy atom. The fourth-order valence-corrected chi connectivity index (χ4v) is 5.73. The van der Waals surface area contributed by atoms with Crippen molar-refractivity contribution in [3.05, 3.63) is 84.7 Å². The van der Waals surface area contributed by atoms with Crippen LogP contribution in [0.4, 0.5) is 10.1 Å². The average molecular weight is 536 g/mol. The van der Waals surface area contributed by atoms with Crippen LogP contribution >= 0.6 is 23.1 Å². The monoisotopic (exact) mass is 535 g/mol. The van der Waals surface area contributed by atoms with E-state index in [1.54, 1.807) is 35.2 Å². The van der Waals surface area contributed by atoms with Crippen LogP contribution in [0.3, 0.4) is 0 Å². The first kappa shape index (κ1) is 26.4. The number of nitrogens with one attached hydrogen (secondary N) is 1. The molecule has 3 aromatic carbocycles. The highest BCUT2D eigenvalue weighted by molar-refractivity contribution is 8.14. The highest BCUT2D eigenvalue weighted by atomic mass is 32.2. The molecule has 0 saturated carbocycles. The third-order valence-electron chi connectivity index (χ3n) is 5.55. The van der Waals surface area contributed by atoms with Gasteiger partial charge in [0.1, 0.15) is 28.2 Å². The second-order valence-electron chi connectivity index (χ2n) is 8.04. The number of hydrogen-bond donors (Lipinski definition) is 2. The van der Waals surface area contributed by atoms with Gasteiger partial charge in [0.25, 0.3) is 6.47 Å². The minimum atomic E-state index is -0.255. The largest absolute Gasteiger partial charge is 0.487 e. The van der Waals surface area contributed by atoms with E-state index in [0.717, 1.165) is 56.9 Å². The Balaban J connectivity index is 0.00000102. The fraction of sp³-hybridized carbons (Fsp3) is 0.179. The third-order valence-corrected chi connectivity index (χ3v) is 7.75. The van der Waals surface area contributed by atoms with Crippen LogP contribution in [0.25, 0.3) is 26.9 Å². The van der Waals surface area contributed by atoms with E-state index in [1.165, 1.54) is 16.8 Å². The van der Waals surface area contributed by atoms with Gasteiger partial charge in [-0.25, -0.2) is 9.37 Å². The summed E-state index contributed by atoms with van der Waals surface area (Å²) in [6.07, 6.45) is 2.60. The van der Waals surface area contributed by atoms with Crippen molar-refractivity contribution in [1.82, 2.24) is 4.98 Å². The minimum absolute atomic E-state index is 0.234. The van der Waals surface area contributed by atoms with Gasteiger partial charge in [0.2, 0.25) is 0 Å². The maximum atomic E-state index is 13.5. The molecule has 4 aromatic rings. The maximum Gasteiger partial charge on any atom is 0.290 e. The zero-order valence-electron chi connectivity index (χ0n) is 20.0. The second kappa shape index (κ2) is 13.0. The van der Waals surface area contributed by atoms with Gasteiger partial charge in [-0.1, -0.05) is 30.9 Å². The summed E-state index contributed by atoms with van der Waals surface area (Å²) >= 11 is 3.44. The maximum absolute atomic E-state index is 13.5. The van der Waals surface area contributed by atoms with Crippen molar-refractivity contribution in [1.29, 1.82) is 0 Å². The third kappa shape index (κ3) is 7.18. The SMILES string of the molecule is C=Cc1ccc(F)cc1NCCC1CSC(COc2ccc(-c3nc4ccccc4s3)cc2)=N1.O=CO. The second-order valence-corrected chi connectivity index (χ2v) is 10.2. The number of aliphatic imine (C=N–C) groups is 1. The lowest BCUT2D eigenvalue weighted by Gasteiger charge is -2.11. The van der Waals surface area contributed by atoms with Crippen molar-refractivity contribution in [3.63, 3.8) is 0 Å². The van der Waals surface area contributed by atoms with Crippen molar-refractivity contribution in [2.45, 2.75) is 12.5 Å². The number of benzene rings is 3. The summed E-state index contributed by atoms with van der Waals surface area (Å²) < 4.78 is 20.7. The molecule has 0 spiro atoms. The molecule has 1 atom stereocenters. The number of ether oxygens (including phenoxy) is 1. The summed E-state index contributed by atoms with van der Waals surface area (Å²) in [5, 5.41) is 12.2. The van der Waals surface area contributed by atoms with E-state index in [-0.39, 0.29) is 18.3 Å². The fourth-order valence-electron chi connectivity index (χ4n) is 3.76. The molecule has 0 aliphatic carbocycles. The molecule has 0 saturated heterocycles.